The van der Waals surface area contributed by atoms with Gasteiger partial charge in [-0.3, -0.25) is 4.79 Å². The minimum absolute atomic E-state index is 0.00234. The molecule has 0 fully saturated rings. The maximum atomic E-state index is 11.8. The number of hydrogen-bond acceptors (Lipinski definition) is 5. The molecule has 1 amide bonds. The maximum Gasteiger partial charge on any atom is 0.260 e. The quantitative estimate of drug-likeness (QED) is 0.832. The molecule has 0 bridgehead atoms. The molecule has 16 heavy (non-hydrogen) atoms. The van der Waals surface area contributed by atoms with E-state index in [0.717, 1.165) is 11.5 Å². The number of nitrogens with one attached hydrogen (secondary N) is 1. The third-order valence-corrected chi connectivity index (χ3v) is 2.66. The Bertz CT molecular complexity index is 511. The van der Waals surface area contributed by atoms with Crippen molar-refractivity contribution >= 4 is 22.4 Å². The van der Waals surface area contributed by atoms with Crippen molar-refractivity contribution in [3.8, 4) is 5.75 Å². The molecule has 6 heteroatoms. The van der Waals surface area contributed by atoms with Crippen LogP contribution in [-0.2, 0) is 0 Å². The van der Waals surface area contributed by atoms with Crippen LogP contribution in [0.15, 0.2) is 24.4 Å². The molecular formula is C10H9N3O2S. The van der Waals surface area contributed by atoms with Crippen molar-refractivity contribution in [1.29, 1.82) is 0 Å². The largest absolute Gasteiger partial charge is 0.507 e. The fourth-order valence-electron chi connectivity index (χ4n) is 1.24. The smallest absolute Gasteiger partial charge is 0.260 e. The van der Waals surface area contributed by atoms with Gasteiger partial charge in [0.2, 0.25) is 0 Å². The molecule has 2 rings (SSSR count). The predicted molar refractivity (Wildman–Crippen MR) is 60.7 cm³/mol. The van der Waals surface area contributed by atoms with E-state index in [2.05, 4.69) is 14.9 Å². The summed E-state index contributed by atoms with van der Waals surface area (Å²) < 4.78 is 3.62. The Morgan fingerprint density at radius 3 is 3.00 bits per heavy atom. The summed E-state index contributed by atoms with van der Waals surface area (Å²) in [6.45, 7) is 1.74. The number of nitrogens with zero attached hydrogens (tertiary/aromatic N) is 2. The first-order valence-corrected chi connectivity index (χ1v) is 5.33. The van der Waals surface area contributed by atoms with Crippen LogP contribution in [0.25, 0.3) is 0 Å². The van der Waals surface area contributed by atoms with Gasteiger partial charge in [-0.2, -0.15) is 0 Å². The van der Waals surface area contributed by atoms with E-state index >= 15 is 0 Å². The molecule has 5 nitrogen and oxygen atoms in total. The standard InChI is InChI=1S/C10H9N3O2S/c1-6-3-2-4-7(9(6)14)10(15)12-8-5-11-13-16-8/h2-5,14H,1H3,(H,12,15). The summed E-state index contributed by atoms with van der Waals surface area (Å²) in [6.07, 6.45) is 1.45. The first-order valence-electron chi connectivity index (χ1n) is 4.56. The lowest BCUT2D eigenvalue weighted by molar-refractivity contribution is 0.102. The van der Waals surface area contributed by atoms with Gasteiger partial charge in [-0.05, 0) is 18.6 Å². The number of rotatable bonds is 2. The van der Waals surface area contributed by atoms with Crippen LogP contribution >= 0.6 is 11.5 Å². The maximum absolute atomic E-state index is 11.8. The lowest BCUT2D eigenvalue weighted by Crippen LogP contribution is -2.11. The highest BCUT2D eigenvalue weighted by Crippen LogP contribution is 2.22. The number of para-hydroxylation sites is 1. The van der Waals surface area contributed by atoms with Crippen LogP contribution in [0, 0.1) is 6.92 Å². The van der Waals surface area contributed by atoms with Crippen molar-refractivity contribution in [2.24, 2.45) is 0 Å². The van der Waals surface area contributed by atoms with Crippen LogP contribution in [0.1, 0.15) is 15.9 Å². The van der Waals surface area contributed by atoms with Crippen LogP contribution < -0.4 is 5.32 Å². The molecule has 0 aliphatic heterocycles. The number of phenols is 1. The van der Waals surface area contributed by atoms with Crippen molar-refractivity contribution in [3.63, 3.8) is 0 Å². The highest BCUT2D eigenvalue weighted by Gasteiger charge is 2.13. The summed E-state index contributed by atoms with van der Waals surface area (Å²) in [6, 6.07) is 5.02. The molecule has 2 N–H and O–H groups in total. The second-order valence-corrected chi connectivity index (χ2v) is 3.99. The van der Waals surface area contributed by atoms with Gasteiger partial charge in [0.05, 0.1) is 11.8 Å². The summed E-state index contributed by atoms with van der Waals surface area (Å²) in [5.41, 5.74) is 0.906. The van der Waals surface area contributed by atoms with E-state index in [1.807, 2.05) is 0 Å². The summed E-state index contributed by atoms with van der Waals surface area (Å²) in [5.74, 6) is -0.371. The van der Waals surface area contributed by atoms with E-state index in [-0.39, 0.29) is 17.2 Å². The van der Waals surface area contributed by atoms with Crippen LogP contribution in [0.3, 0.4) is 0 Å². The van der Waals surface area contributed by atoms with E-state index in [1.54, 1.807) is 25.1 Å². The van der Waals surface area contributed by atoms with Gasteiger partial charge in [-0.15, -0.1) is 5.10 Å². The fourth-order valence-corrected chi connectivity index (χ4v) is 1.66. The number of aromatic hydroxyl groups is 1. The second-order valence-electron chi connectivity index (χ2n) is 3.21. The minimum Gasteiger partial charge on any atom is -0.507 e. The molecule has 1 aromatic carbocycles. The molecule has 0 spiro atoms. The molecule has 0 aliphatic rings. The fraction of sp³-hybridized carbons (Fsp3) is 0.100. The Kier molecular flexibility index (Phi) is 2.82. The van der Waals surface area contributed by atoms with E-state index in [4.69, 9.17) is 0 Å². The van der Waals surface area contributed by atoms with Gasteiger partial charge >= 0.3 is 0 Å². The van der Waals surface area contributed by atoms with Gasteiger partial charge < -0.3 is 10.4 Å². The molecule has 0 saturated heterocycles. The number of carbonyl (C=O) groups excluding carboxylic acids is 1. The van der Waals surface area contributed by atoms with Gasteiger partial charge in [-0.25, -0.2) is 0 Å². The number of phenolic OH excluding ortho intramolecular Hbond substituents is 1. The normalized spacial score (nSPS) is 10.1. The number of hydrogen-bond donors (Lipinski definition) is 2. The van der Waals surface area contributed by atoms with E-state index in [0.29, 0.717) is 10.6 Å². The van der Waals surface area contributed by atoms with Gasteiger partial charge in [0.1, 0.15) is 10.8 Å². The van der Waals surface area contributed by atoms with Crippen molar-refractivity contribution in [2.75, 3.05) is 5.32 Å². The molecule has 0 atom stereocenters. The third kappa shape index (κ3) is 2.01. The summed E-state index contributed by atoms with van der Waals surface area (Å²) in [4.78, 5) is 11.8. The topological polar surface area (TPSA) is 75.1 Å². The van der Waals surface area contributed by atoms with Crippen LogP contribution in [0.2, 0.25) is 0 Å². The number of aromatic nitrogens is 2. The average Bonchev–Trinajstić information content (AvgIpc) is 2.74. The Labute approximate surface area is 95.9 Å². The number of carbonyl (C=O) groups is 1. The molecular weight excluding hydrogens is 226 g/mol. The summed E-state index contributed by atoms with van der Waals surface area (Å²) >= 11 is 1.08. The van der Waals surface area contributed by atoms with Crippen molar-refractivity contribution in [1.82, 2.24) is 9.59 Å². The molecule has 2 aromatic rings. The highest BCUT2D eigenvalue weighted by atomic mass is 32.1. The second kappa shape index (κ2) is 4.28. The Hall–Kier alpha value is -1.95. The zero-order valence-electron chi connectivity index (χ0n) is 8.47. The lowest BCUT2D eigenvalue weighted by atomic mass is 10.1. The lowest BCUT2D eigenvalue weighted by Gasteiger charge is -2.05. The van der Waals surface area contributed by atoms with Crippen LogP contribution in [-0.4, -0.2) is 20.6 Å². The van der Waals surface area contributed by atoms with Gasteiger partial charge in [0.15, 0.2) is 0 Å². The van der Waals surface area contributed by atoms with Crippen molar-refractivity contribution < 1.29 is 9.90 Å². The van der Waals surface area contributed by atoms with E-state index in [9.17, 15) is 9.90 Å². The molecule has 0 unspecified atom stereocenters. The number of anilines is 1. The SMILES string of the molecule is Cc1cccc(C(=O)Nc2cnns2)c1O. The van der Waals surface area contributed by atoms with Crippen molar-refractivity contribution in [2.45, 2.75) is 6.92 Å². The molecule has 82 valence electrons. The van der Waals surface area contributed by atoms with Gasteiger partial charge in [-0.1, -0.05) is 16.6 Å². The monoisotopic (exact) mass is 235 g/mol. The zero-order valence-corrected chi connectivity index (χ0v) is 9.28. The first-order chi connectivity index (χ1) is 7.68. The molecule has 0 aliphatic carbocycles. The molecule has 1 heterocycles. The zero-order chi connectivity index (χ0) is 11.5. The van der Waals surface area contributed by atoms with Crippen molar-refractivity contribution in [3.05, 3.63) is 35.5 Å². The van der Waals surface area contributed by atoms with E-state index < -0.39 is 0 Å². The molecule has 0 radical (unpaired) electrons. The van der Waals surface area contributed by atoms with Crippen LogP contribution in [0.4, 0.5) is 5.00 Å². The Balaban J connectivity index is 2.24. The predicted octanol–water partition coefficient (Wildman–Crippen LogP) is 1.80. The highest BCUT2D eigenvalue weighted by molar-refractivity contribution is 7.10. The number of amides is 1. The summed E-state index contributed by atoms with van der Waals surface area (Å²) in [5, 5.41) is 16.5. The molecule has 1 aromatic heterocycles. The number of aryl methyl sites for hydroxylation is 1. The van der Waals surface area contributed by atoms with E-state index in [1.165, 1.54) is 6.20 Å². The average molecular weight is 235 g/mol. The number of benzene rings is 1. The Morgan fingerprint density at radius 2 is 2.31 bits per heavy atom. The van der Waals surface area contributed by atoms with Gasteiger partial charge in [0, 0.05) is 11.5 Å². The minimum atomic E-state index is -0.368. The summed E-state index contributed by atoms with van der Waals surface area (Å²) in [7, 11) is 0. The third-order valence-electron chi connectivity index (χ3n) is 2.08. The first kappa shape index (κ1) is 10.6. The van der Waals surface area contributed by atoms with Gasteiger partial charge in [0.25, 0.3) is 5.91 Å². The Morgan fingerprint density at radius 1 is 1.50 bits per heavy atom. The van der Waals surface area contributed by atoms with Crippen LogP contribution in [0.5, 0.6) is 5.75 Å². The molecule has 0 saturated carbocycles.